The van der Waals surface area contributed by atoms with Crippen molar-refractivity contribution in [3.63, 3.8) is 0 Å². The minimum atomic E-state index is -0.181. The van der Waals surface area contributed by atoms with Crippen molar-refractivity contribution in [1.82, 2.24) is 10.6 Å². The van der Waals surface area contributed by atoms with E-state index in [0.29, 0.717) is 27.4 Å². The Kier molecular flexibility index (Phi) is 5.13. The van der Waals surface area contributed by atoms with Gasteiger partial charge in [-0.15, -0.1) is 0 Å². The predicted molar refractivity (Wildman–Crippen MR) is 81.0 cm³/mol. The molecule has 0 bridgehead atoms. The van der Waals surface area contributed by atoms with Crippen LogP contribution in [0.1, 0.15) is 30.1 Å². The van der Waals surface area contributed by atoms with E-state index in [1.165, 1.54) is 7.11 Å². The van der Waals surface area contributed by atoms with Crippen molar-refractivity contribution < 1.29 is 9.53 Å². The van der Waals surface area contributed by atoms with Crippen LogP contribution in [0.15, 0.2) is 12.1 Å². The van der Waals surface area contributed by atoms with Gasteiger partial charge in [-0.3, -0.25) is 4.79 Å². The van der Waals surface area contributed by atoms with E-state index in [9.17, 15) is 4.79 Å². The molecule has 0 spiro atoms. The number of amides is 1. The van der Waals surface area contributed by atoms with Crippen LogP contribution in [0.5, 0.6) is 5.75 Å². The summed E-state index contributed by atoms with van der Waals surface area (Å²) >= 11 is 11.9. The minimum Gasteiger partial charge on any atom is -0.496 e. The van der Waals surface area contributed by atoms with Gasteiger partial charge < -0.3 is 15.4 Å². The molecule has 2 unspecified atom stereocenters. The van der Waals surface area contributed by atoms with Crippen LogP contribution >= 0.6 is 23.2 Å². The largest absolute Gasteiger partial charge is 0.496 e. The van der Waals surface area contributed by atoms with Gasteiger partial charge in [-0.2, -0.15) is 0 Å². The van der Waals surface area contributed by atoms with Crippen LogP contribution in [0.4, 0.5) is 0 Å². The molecule has 0 radical (unpaired) electrons. The molecule has 1 amide bonds. The highest BCUT2D eigenvalue weighted by Gasteiger charge is 2.22. The number of nitrogens with one attached hydrogen (secondary N) is 2. The average Bonchev–Trinajstić information content (AvgIpc) is 2.41. The number of ether oxygens (including phenoxy) is 1. The van der Waals surface area contributed by atoms with E-state index in [-0.39, 0.29) is 11.9 Å². The van der Waals surface area contributed by atoms with Gasteiger partial charge in [-0.05, 0) is 32.4 Å². The monoisotopic (exact) mass is 316 g/mol. The second-order valence-electron chi connectivity index (χ2n) is 5.02. The van der Waals surface area contributed by atoms with Gasteiger partial charge in [0.2, 0.25) is 0 Å². The lowest BCUT2D eigenvalue weighted by molar-refractivity contribution is 0.0922. The van der Waals surface area contributed by atoms with Gasteiger partial charge in [0.15, 0.2) is 0 Å². The number of methoxy groups -OCH3 is 1. The van der Waals surface area contributed by atoms with E-state index in [1.807, 2.05) is 0 Å². The Morgan fingerprint density at radius 1 is 1.40 bits per heavy atom. The lowest BCUT2D eigenvalue weighted by Gasteiger charge is -2.28. The van der Waals surface area contributed by atoms with Crippen LogP contribution in [-0.4, -0.2) is 31.6 Å². The maximum absolute atomic E-state index is 12.3. The number of hydrogen-bond donors (Lipinski definition) is 2. The molecule has 1 aliphatic rings. The summed E-state index contributed by atoms with van der Waals surface area (Å²) in [5, 5.41) is 7.09. The summed E-state index contributed by atoms with van der Waals surface area (Å²) in [4.78, 5) is 12.3. The molecule has 1 aromatic rings. The van der Waals surface area contributed by atoms with E-state index in [4.69, 9.17) is 27.9 Å². The lowest BCUT2D eigenvalue weighted by atomic mass is 10.00. The fraction of sp³-hybridized carbons (Fsp3) is 0.500. The van der Waals surface area contributed by atoms with E-state index in [0.717, 1.165) is 19.4 Å². The minimum absolute atomic E-state index is 0.165. The normalized spacial score (nSPS) is 22.4. The lowest BCUT2D eigenvalue weighted by Crippen LogP contribution is -2.46. The summed E-state index contributed by atoms with van der Waals surface area (Å²) in [7, 11) is 1.50. The SMILES string of the molecule is COc1cc(Cl)c(Cl)cc1C(=O)NC1CCNC(C)C1. The van der Waals surface area contributed by atoms with Gasteiger partial charge in [0.25, 0.3) is 5.91 Å². The topological polar surface area (TPSA) is 50.4 Å². The second kappa shape index (κ2) is 6.66. The smallest absolute Gasteiger partial charge is 0.255 e. The van der Waals surface area contributed by atoms with E-state index in [2.05, 4.69) is 17.6 Å². The highest BCUT2D eigenvalue weighted by atomic mass is 35.5. The molecule has 0 aliphatic carbocycles. The van der Waals surface area contributed by atoms with Gasteiger partial charge in [0.1, 0.15) is 5.75 Å². The van der Waals surface area contributed by atoms with E-state index < -0.39 is 0 Å². The summed E-state index contributed by atoms with van der Waals surface area (Å²) in [5.41, 5.74) is 0.410. The molecule has 0 aromatic heterocycles. The molecule has 1 fully saturated rings. The Morgan fingerprint density at radius 3 is 2.75 bits per heavy atom. The van der Waals surface area contributed by atoms with Crippen LogP contribution in [0.3, 0.4) is 0 Å². The third-order valence-corrected chi connectivity index (χ3v) is 4.17. The number of carbonyl (C=O) groups is 1. The molecule has 4 nitrogen and oxygen atoms in total. The van der Waals surface area contributed by atoms with Crippen LogP contribution in [0.2, 0.25) is 10.0 Å². The van der Waals surface area contributed by atoms with Crippen molar-refractivity contribution in [2.75, 3.05) is 13.7 Å². The van der Waals surface area contributed by atoms with Crippen molar-refractivity contribution in [3.8, 4) is 5.75 Å². The van der Waals surface area contributed by atoms with Crippen molar-refractivity contribution in [3.05, 3.63) is 27.7 Å². The summed E-state index contributed by atoms with van der Waals surface area (Å²) in [6, 6.07) is 3.68. The van der Waals surface area contributed by atoms with E-state index in [1.54, 1.807) is 12.1 Å². The van der Waals surface area contributed by atoms with Gasteiger partial charge in [-0.1, -0.05) is 23.2 Å². The number of hydrogen-bond acceptors (Lipinski definition) is 3. The number of carbonyl (C=O) groups excluding carboxylic acids is 1. The second-order valence-corrected chi connectivity index (χ2v) is 5.83. The first-order chi connectivity index (χ1) is 9.51. The molecule has 2 rings (SSSR count). The highest BCUT2D eigenvalue weighted by Crippen LogP contribution is 2.30. The first-order valence-electron chi connectivity index (χ1n) is 6.58. The predicted octanol–water partition coefficient (Wildman–Crippen LogP) is 2.87. The number of rotatable bonds is 3. The van der Waals surface area contributed by atoms with Gasteiger partial charge >= 0.3 is 0 Å². The Bertz CT molecular complexity index is 508. The average molecular weight is 317 g/mol. The summed E-state index contributed by atoms with van der Waals surface area (Å²) < 4.78 is 5.20. The van der Waals surface area contributed by atoms with Crippen molar-refractivity contribution in [2.24, 2.45) is 0 Å². The number of halogens is 2. The molecular weight excluding hydrogens is 299 g/mol. The molecule has 20 heavy (non-hydrogen) atoms. The number of benzene rings is 1. The molecule has 110 valence electrons. The quantitative estimate of drug-likeness (QED) is 0.901. The molecule has 1 aliphatic heterocycles. The zero-order valence-electron chi connectivity index (χ0n) is 11.5. The highest BCUT2D eigenvalue weighted by molar-refractivity contribution is 6.42. The third-order valence-electron chi connectivity index (χ3n) is 3.45. The Morgan fingerprint density at radius 2 is 2.10 bits per heavy atom. The molecule has 2 N–H and O–H groups in total. The first-order valence-corrected chi connectivity index (χ1v) is 7.34. The molecular formula is C14H18Cl2N2O2. The first kappa shape index (κ1) is 15.4. The molecule has 1 heterocycles. The van der Waals surface area contributed by atoms with Crippen LogP contribution in [-0.2, 0) is 0 Å². The summed E-state index contributed by atoms with van der Waals surface area (Å²) in [6.07, 6.45) is 1.83. The maximum Gasteiger partial charge on any atom is 0.255 e. The molecule has 1 aromatic carbocycles. The van der Waals surface area contributed by atoms with Crippen LogP contribution < -0.4 is 15.4 Å². The fourth-order valence-electron chi connectivity index (χ4n) is 2.40. The Hall–Kier alpha value is -0.970. The fourth-order valence-corrected chi connectivity index (χ4v) is 2.72. The van der Waals surface area contributed by atoms with E-state index >= 15 is 0 Å². The standard InChI is InChI=1S/C14H18Cl2N2O2/c1-8-5-9(3-4-17-8)18-14(19)10-6-11(15)12(16)7-13(10)20-2/h6-9,17H,3-5H2,1-2H3,(H,18,19). The van der Waals surface area contributed by atoms with Crippen LogP contribution in [0, 0.1) is 0 Å². The summed E-state index contributed by atoms with van der Waals surface area (Å²) in [5.74, 6) is 0.249. The van der Waals surface area contributed by atoms with Gasteiger partial charge in [-0.25, -0.2) is 0 Å². The van der Waals surface area contributed by atoms with Gasteiger partial charge in [0.05, 0.1) is 22.7 Å². The number of piperidine rings is 1. The summed E-state index contributed by atoms with van der Waals surface area (Å²) in [6.45, 7) is 3.02. The zero-order chi connectivity index (χ0) is 14.7. The molecule has 2 atom stereocenters. The Balaban J connectivity index is 2.14. The molecule has 0 saturated carbocycles. The Labute approximate surface area is 128 Å². The molecule has 1 saturated heterocycles. The maximum atomic E-state index is 12.3. The van der Waals surface area contributed by atoms with Crippen LogP contribution in [0.25, 0.3) is 0 Å². The third kappa shape index (κ3) is 3.57. The van der Waals surface area contributed by atoms with Crippen molar-refractivity contribution in [2.45, 2.75) is 31.8 Å². The molecule has 6 heteroatoms. The van der Waals surface area contributed by atoms with Crippen molar-refractivity contribution in [1.29, 1.82) is 0 Å². The zero-order valence-corrected chi connectivity index (χ0v) is 13.0. The van der Waals surface area contributed by atoms with Crippen molar-refractivity contribution >= 4 is 29.1 Å². The van der Waals surface area contributed by atoms with Gasteiger partial charge in [0, 0.05) is 18.2 Å².